The first-order chi connectivity index (χ1) is 10.1. The van der Waals surface area contributed by atoms with Gasteiger partial charge in [0, 0.05) is 11.4 Å². The standard InChI is InChI=1S/C15H17ClN2O2S/c1-10(13-7-8-14(16)21-13)18-15(19)17-9-11-3-5-12(20-2)6-4-11/h3-8,10H,9H2,1-2H3,(H2,17,18,19). The summed E-state index contributed by atoms with van der Waals surface area (Å²) in [4.78, 5) is 12.9. The quantitative estimate of drug-likeness (QED) is 0.874. The summed E-state index contributed by atoms with van der Waals surface area (Å²) in [6, 6.07) is 11.0. The van der Waals surface area contributed by atoms with E-state index in [9.17, 15) is 4.79 Å². The van der Waals surface area contributed by atoms with Crippen LogP contribution in [0.2, 0.25) is 4.34 Å². The van der Waals surface area contributed by atoms with E-state index in [-0.39, 0.29) is 12.1 Å². The molecule has 6 heteroatoms. The third kappa shape index (κ3) is 4.65. The maximum Gasteiger partial charge on any atom is 0.315 e. The van der Waals surface area contributed by atoms with Crippen molar-refractivity contribution in [1.82, 2.24) is 10.6 Å². The average Bonchev–Trinajstić information content (AvgIpc) is 2.92. The van der Waals surface area contributed by atoms with Crippen LogP contribution in [-0.4, -0.2) is 13.1 Å². The molecule has 0 fully saturated rings. The lowest BCUT2D eigenvalue weighted by Gasteiger charge is -2.13. The number of halogens is 1. The summed E-state index contributed by atoms with van der Waals surface area (Å²) in [5, 5.41) is 5.70. The zero-order valence-electron chi connectivity index (χ0n) is 11.9. The van der Waals surface area contributed by atoms with Gasteiger partial charge in [-0.2, -0.15) is 0 Å². The van der Waals surface area contributed by atoms with Crippen LogP contribution in [0.5, 0.6) is 5.75 Å². The number of benzene rings is 1. The minimum Gasteiger partial charge on any atom is -0.497 e. The highest BCUT2D eigenvalue weighted by atomic mass is 35.5. The maximum absolute atomic E-state index is 11.9. The molecule has 1 heterocycles. The van der Waals surface area contributed by atoms with Gasteiger partial charge < -0.3 is 15.4 Å². The summed E-state index contributed by atoms with van der Waals surface area (Å²) in [5.74, 6) is 0.798. The Morgan fingerprint density at radius 1 is 1.29 bits per heavy atom. The van der Waals surface area contributed by atoms with E-state index in [0.717, 1.165) is 20.5 Å². The van der Waals surface area contributed by atoms with E-state index in [1.54, 1.807) is 7.11 Å². The molecule has 2 N–H and O–H groups in total. The Bertz CT molecular complexity index is 598. The Kier molecular flexibility index (Phi) is 5.47. The van der Waals surface area contributed by atoms with Gasteiger partial charge in [-0.15, -0.1) is 11.3 Å². The fourth-order valence-electron chi connectivity index (χ4n) is 1.81. The molecule has 0 radical (unpaired) electrons. The van der Waals surface area contributed by atoms with Gasteiger partial charge in [-0.25, -0.2) is 4.79 Å². The Hall–Kier alpha value is -1.72. The highest BCUT2D eigenvalue weighted by Gasteiger charge is 2.11. The zero-order chi connectivity index (χ0) is 15.2. The van der Waals surface area contributed by atoms with Crippen molar-refractivity contribution in [3.63, 3.8) is 0 Å². The van der Waals surface area contributed by atoms with Crippen molar-refractivity contribution in [1.29, 1.82) is 0 Å². The molecule has 0 aliphatic rings. The molecule has 2 rings (SSSR count). The van der Waals surface area contributed by atoms with Crippen molar-refractivity contribution in [3.8, 4) is 5.75 Å². The van der Waals surface area contributed by atoms with Gasteiger partial charge in [0.2, 0.25) is 0 Å². The fourth-order valence-corrected chi connectivity index (χ4v) is 2.87. The molecule has 0 saturated heterocycles. The summed E-state index contributed by atoms with van der Waals surface area (Å²) < 4.78 is 5.81. The van der Waals surface area contributed by atoms with E-state index in [1.807, 2.05) is 43.3 Å². The Morgan fingerprint density at radius 2 is 2.00 bits per heavy atom. The largest absolute Gasteiger partial charge is 0.497 e. The highest BCUT2D eigenvalue weighted by molar-refractivity contribution is 7.16. The van der Waals surface area contributed by atoms with Gasteiger partial charge in [0.05, 0.1) is 17.5 Å². The minimum absolute atomic E-state index is 0.0710. The number of ether oxygens (including phenoxy) is 1. The van der Waals surface area contributed by atoms with Gasteiger partial charge in [-0.05, 0) is 36.8 Å². The fraction of sp³-hybridized carbons (Fsp3) is 0.267. The van der Waals surface area contributed by atoms with Crippen molar-refractivity contribution >= 4 is 29.0 Å². The number of hydrogen-bond donors (Lipinski definition) is 2. The van der Waals surface area contributed by atoms with Gasteiger partial charge in [0.1, 0.15) is 5.75 Å². The zero-order valence-corrected chi connectivity index (χ0v) is 13.4. The van der Waals surface area contributed by atoms with Crippen LogP contribution < -0.4 is 15.4 Å². The number of carbonyl (C=O) groups excluding carboxylic acids is 1. The molecule has 0 saturated carbocycles. The van der Waals surface area contributed by atoms with Crippen molar-refractivity contribution < 1.29 is 9.53 Å². The second-order valence-corrected chi connectivity index (χ2v) is 6.29. The molecule has 1 unspecified atom stereocenters. The van der Waals surface area contributed by atoms with Crippen LogP contribution >= 0.6 is 22.9 Å². The lowest BCUT2D eigenvalue weighted by molar-refractivity contribution is 0.237. The first-order valence-corrected chi connectivity index (χ1v) is 7.70. The second kappa shape index (κ2) is 7.33. The molecule has 0 bridgehead atoms. The first-order valence-electron chi connectivity index (χ1n) is 6.51. The Labute approximate surface area is 133 Å². The number of hydrogen-bond acceptors (Lipinski definition) is 3. The van der Waals surface area contributed by atoms with E-state index in [4.69, 9.17) is 16.3 Å². The topological polar surface area (TPSA) is 50.4 Å². The molecular weight excluding hydrogens is 308 g/mol. The van der Waals surface area contributed by atoms with Gasteiger partial charge in [-0.1, -0.05) is 23.7 Å². The number of amides is 2. The number of rotatable bonds is 5. The monoisotopic (exact) mass is 324 g/mol. The number of thiophene rings is 1. The molecule has 1 aromatic heterocycles. The normalized spacial score (nSPS) is 11.8. The predicted molar refractivity (Wildman–Crippen MR) is 86.1 cm³/mol. The van der Waals surface area contributed by atoms with E-state index in [0.29, 0.717) is 6.54 Å². The summed E-state index contributed by atoms with van der Waals surface area (Å²) in [6.07, 6.45) is 0. The van der Waals surface area contributed by atoms with Crippen LogP contribution in [0.25, 0.3) is 0 Å². The van der Waals surface area contributed by atoms with Crippen molar-refractivity contribution in [2.45, 2.75) is 19.5 Å². The van der Waals surface area contributed by atoms with Gasteiger partial charge >= 0.3 is 6.03 Å². The summed E-state index contributed by atoms with van der Waals surface area (Å²) in [7, 11) is 1.62. The number of carbonyl (C=O) groups is 1. The van der Waals surface area contributed by atoms with Gasteiger partial charge in [0.25, 0.3) is 0 Å². The van der Waals surface area contributed by atoms with Crippen LogP contribution in [0.4, 0.5) is 4.79 Å². The molecule has 1 aromatic carbocycles. The third-order valence-corrected chi connectivity index (χ3v) is 4.39. The predicted octanol–water partition coefficient (Wildman–Crippen LogP) is 3.97. The molecule has 0 spiro atoms. The Morgan fingerprint density at radius 3 is 2.57 bits per heavy atom. The lowest BCUT2D eigenvalue weighted by Crippen LogP contribution is -2.36. The summed E-state index contributed by atoms with van der Waals surface area (Å²) in [6.45, 7) is 2.39. The van der Waals surface area contributed by atoms with Gasteiger partial charge in [0.15, 0.2) is 0 Å². The second-order valence-electron chi connectivity index (χ2n) is 4.54. The SMILES string of the molecule is COc1ccc(CNC(=O)NC(C)c2ccc(Cl)s2)cc1. The molecule has 2 aromatic rings. The number of urea groups is 1. The number of methoxy groups -OCH3 is 1. The molecule has 4 nitrogen and oxygen atoms in total. The van der Waals surface area contributed by atoms with Crippen molar-refractivity contribution in [3.05, 3.63) is 51.2 Å². The molecule has 2 amide bonds. The molecule has 0 aliphatic carbocycles. The Balaban J connectivity index is 1.81. The van der Waals surface area contributed by atoms with Crippen LogP contribution in [0.3, 0.4) is 0 Å². The van der Waals surface area contributed by atoms with Gasteiger partial charge in [-0.3, -0.25) is 0 Å². The molecule has 0 aliphatic heterocycles. The summed E-state index contributed by atoms with van der Waals surface area (Å²) in [5.41, 5.74) is 1.01. The third-order valence-electron chi connectivity index (χ3n) is 2.98. The first kappa shape index (κ1) is 15.7. The summed E-state index contributed by atoms with van der Waals surface area (Å²) >= 11 is 7.35. The maximum atomic E-state index is 11.9. The molecular formula is C15H17ClN2O2S. The van der Waals surface area contributed by atoms with E-state index < -0.39 is 0 Å². The van der Waals surface area contributed by atoms with Crippen LogP contribution in [0.1, 0.15) is 23.4 Å². The van der Waals surface area contributed by atoms with E-state index >= 15 is 0 Å². The van der Waals surface area contributed by atoms with Crippen LogP contribution in [-0.2, 0) is 6.54 Å². The van der Waals surface area contributed by atoms with E-state index in [2.05, 4.69) is 10.6 Å². The smallest absolute Gasteiger partial charge is 0.315 e. The van der Waals surface area contributed by atoms with Crippen molar-refractivity contribution in [2.75, 3.05) is 7.11 Å². The lowest BCUT2D eigenvalue weighted by atomic mass is 10.2. The highest BCUT2D eigenvalue weighted by Crippen LogP contribution is 2.26. The van der Waals surface area contributed by atoms with Crippen molar-refractivity contribution in [2.24, 2.45) is 0 Å². The van der Waals surface area contributed by atoms with E-state index in [1.165, 1.54) is 11.3 Å². The van der Waals surface area contributed by atoms with Crippen LogP contribution in [0.15, 0.2) is 36.4 Å². The number of nitrogens with one attached hydrogen (secondary N) is 2. The molecule has 112 valence electrons. The van der Waals surface area contributed by atoms with Crippen LogP contribution in [0, 0.1) is 0 Å². The molecule has 21 heavy (non-hydrogen) atoms. The minimum atomic E-state index is -0.206. The molecule has 1 atom stereocenters. The average molecular weight is 325 g/mol.